The molecule has 0 fully saturated rings. The number of rotatable bonds is 3. The number of pyridine rings is 1. The molecule has 3 heteroatoms. The SMILES string of the molecule is CNC(c1ccc(C)nc1)c1ccc(C)s1. The van der Waals surface area contributed by atoms with Gasteiger partial charge in [-0.15, -0.1) is 11.3 Å². The Morgan fingerprint density at radius 1 is 1.19 bits per heavy atom. The van der Waals surface area contributed by atoms with Crippen molar-refractivity contribution < 1.29 is 0 Å². The van der Waals surface area contributed by atoms with E-state index in [0.717, 1.165) is 5.69 Å². The zero-order valence-corrected chi connectivity index (χ0v) is 10.6. The summed E-state index contributed by atoms with van der Waals surface area (Å²) in [6, 6.07) is 8.79. The van der Waals surface area contributed by atoms with E-state index < -0.39 is 0 Å². The highest BCUT2D eigenvalue weighted by Gasteiger charge is 2.13. The maximum Gasteiger partial charge on any atom is 0.0683 e. The van der Waals surface area contributed by atoms with Crippen LogP contribution in [0.3, 0.4) is 0 Å². The van der Waals surface area contributed by atoms with Gasteiger partial charge in [0.05, 0.1) is 6.04 Å². The first-order chi connectivity index (χ1) is 7.70. The molecule has 84 valence electrons. The lowest BCUT2D eigenvalue weighted by molar-refractivity contribution is 0.700. The van der Waals surface area contributed by atoms with E-state index in [4.69, 9.17) is 0 Å². The van der Waals surface area contributed by atoms with E-state index in [2.05, 4.69) is 41.5 Å². The predicted molar refractivity (Wildman–Crippen MR) is 68.9 cm³/mol. The third-order valence-electron chi connectivity index (χ3n) is 2.60. The molecule has 0 amide bonds. The van der Waals surface area contributed by atoms with E-state index in [9.17, 15) is 0 Å². The molecule has 0 spiro atoms. The van der Waals surface area contributed by atoms with E-state index in [0.29, 0.717) is 0 Å². The van der Waals surface area contributed by atoms with Crippen LogP contribution < -0.4 is 5.32 Å². The van der Waals surface area contributed by atoms with Gasteiger partial charge in [-0.1, -0.05) is 6.07 Å². The van der Waals surface area contributed by atoms with Gasteiger partial charge in [-0.2, -0.15) is 0 Å². The lowest BCUT2D eigenvalue weighted by Gasteiger charge is -2.14. The van der Waals surface area contributed by atoms with Crippen LogP contribution in [0.2, 0.25) is 0 Å². The molecule has 2 heterocycles. The highest BCUT2D eigenvalue weighted by molar-refractivity contribution is 7.12. The zero-order chi connectivity index (χ0) is 11.5. The Hall–Kier alpha value is -1.19. The molecule has 0 aliphatic rings. The van der Waals surface area contributed by atoms with Crippen LogP contribution in [0, 0.1) is 13.8 Å². The van der Waals surface area contributed by atoms with Crippen LogP contribution in [0.25, 0.3) is 0 Å². The zero-order valence-electron chi connectivity index (χ0n) is 9.82. The van der Waals surface area contributed by atoms with E-state index in [1.165, 1.54) is 15.3 Å². The minimum atomic E-state index is 0.256. The summed E-state index contributed by atoms with van der Waals surface area (Å²) in [6.07, 6.45) is 1.95. The summed E-state index contributed by atoms with van der Waals surface area (Å²) >= 11 is 1.83. The second-order valence-electron chi connectivity index (χ2n) is 3.90. The molecule has 0 saturated heterocycles. The Labute approximate surface area is 100 Å². The molecule has 2 aromatic rings. The maximum atomic E-state index is 4.34. The minimum absolute atomic E-state index is 0.256. The fourth-order valence-electron chi connectivity index (χ4n) is 1.73. The molecule has 2 nitrogen and oxygen atoms in total. The molecule has 0 bridgehead atoms. The van der Waals surface area contributed by atoms with Crippen molar-refractivity contribution in [3.63, 3.8) is 0 Å². The molecule has 1 atom stereocenters. The summed E-state index contributed by atoms with van der Waals surface area (Å²) in [4.78, 5) is 7.03. The van der Waals surface area contributed by atoms with Crippen LogP contribution in [0.1, 0.15) is 27.1 Å². The summed E-state index contributed by atoms with van der Waals surface area (Å²) < 4.78 is 0. The number of hydrogen-bond donors (Lipinski definition) is 1. The molecule has 2 aromatic heterocycles. The van der Waals surface area contributed by atoms with Gasteiger partial charge in [-0.3, -0.25) is 4.98 Å². The maximum absolute atomic E-state index is 4.34. The monoisotopic (exact) mass is 232 g/mol. The van der Waals surface area contributed by atoms with E-state index >= 15 is 0 Å². The van der Waals surface area contributed by atoms with Crippen molar-refractivity contribution in [2.45, 2.75) is 19.9 Å². The highest BCUT2D eigenvalue weighted by atomic mass is 32.1. The van der Waals surface area contributed by atoms with Crippen molar-refractivity contribution in [1.29, 1.82) is 0 Å². The smallest absolute Gasteiger partial charge is 0.0683 e. The lowest BCUT2D eigenvalue weighted by atomic mass is 10.1. The largest absolute Gasteiger partial charge is 0.309 e. The molecular weight excluding hydrogens is 216 g/mol. The van der Waals surface area contributed by atoms with Crippen molar-refractivity contribution in [3.05, 3.63) is 51.5 Å². The van der Waals surface area contributed by atoms with Gasteiger partial charge in [-0.25, -0.2) is 0 Å². The van der Waals surface area contributed by atoms with Crippen LogP contribution in [0.15, 0.2) is 30.5 Å². The van der Waals surface area contributed by atoms with E-state index in [1.54, 1.807) is 0 Å². The molecule has 16 heavy (non-hydrogen) atoms. The summed E-state index contributed by atoms with van der Waals surface area (Å²) in [5, 5.41) is 3.34. The summed E-state index contributed by atoms with van der Waals surface area (Å²) in [6.45, 7) is 4.14. The van der Waals surface area contributed by atoms with Crippen LogP contribution in [-0.4, -0.2) is 12.0 Å². The van der Waals surface area contributed by atoms with Gasteiger partial charge in [0.15, 0.2) is 0 Å². The van der Waals surface area contributed by atoms with Crippen LogP contribution in [0.4, 0.5) is 0 Å². The molecule has 0 aromatic carbocycles. The number of nitrogens with zero attached hydrogens (tertiary/aromatic N) is 1. The van der Waals surface area contributed by atoms with E-state index in [1.807, 2.05) is 31.5 Å². The third kappa shape index (κ3) is 2.31. The first-order valence-electron chi connectivity index (χ1n) is 5.37. The molecule has 0 aliphatic heterocycles. The molecule has 0 saturated carbocycles. The van der Waals surface area contributed by atoms with Crippen molar-refractivity contribution in [2.75, 3.05) is 7.05 Å². The number of aryl methyl sites for hydroxylation is 2. The average Bonchev–Trinajstić information content (AvgIpc) is 2.69. The Bertz CT molecular complexity index is 459. The summed E-state index contributed by atoms with van der Waals surface area (Å²) in [7, 11) is 1.99. The molecule has 0 aliphatic carbocycles. The minimum Gasteiger partial charge on any atom is -0.309 e. The molecule has 1 N–H and O–H groups in total. The fourth-order valence-corrected chi connectivity index (χ4v) is 2.75. The second kappa shape index (κ2) is 4.76. The van der Waals surface area contributed by atoms with Gasteiger partial charge in [0.1, 0.15) is 0 Å². The normalized spacial score (nSPS) is 12.7. The van der Waals surface area contributed by atoms with Gasteiger partial charge in [0.25, 0.3) is 0 Å². The quantitative estimate of drug-likeness (QED) is 0.879. The van der Waals surface area contributed by atoms with Gasteiger partial charge < -0.3 is 5.32 Å². The second-order valence-corrected chi connectivity index (χ2v) is 5.22. The molecule has 0 radical (unpaired) electrons. The van der Waals surface area contributed by atoms with Crippen LogP contribution in [-0.2, 0) is 0 Å². The standard InChI is InChI=1S/C13H16N2S/c1-9-4-6-11(8-15-9)13(14-3)12-7-5-10(2)16-12/h4-8,13-14H,1-3H3. The van der Waals surface area contributed by atoms with Crippen molar-refractivity contribution in [1.82, 2.24) is 10.3 Å². The summed E-state index contributed by atoms with van der Waals surface area (Å²) in [5.41, 5.74) is 2.27. The average molecular weight is 232 g/mol. The Balaban J connectivity index is 2.32. The third-order valence-corrected chi connectivity index (χ3v) is 3.67. The Morgan fingerprint density at radius 3 is 2.50 bits per heavy atom. The van der Waals surface area contributed by atoms with Gasteiger partial charge >= 0.3 is 0 Å². The van der Waals surface area contributed by atoms with Crippen molar-refractivity contribution in [2.24, 2.45) is 0 Å². The number of nitrogens with one attached hydrogen (secondary N) is 1. The number of hydrogen-bond acceptors (Lipinski definition) is 3. The molecule has 2 rings (SSSR count). The van der Waals surface area contributed by atoms with Gasteiger partial charge in [0.2, 0.25) is 0 Å². The predicted octanol–water partition coefficient (Wildman–Crippen LogP) is 3.07. The topological polar surface area (TPSA) is 24.9 Å². The number of aromatic nitrogens is 1. The summed E-state index contributed by atoms with van der Waals surface area (Å²) in [5.74, 6) is 0. The lowest BCUT2D eigenvalue weighted by Crippen LogP contribution is -2.16. The molecular formula is C13H16N2S. The number of thiophene rings is 1. The van der Waals surface area contributed by atoms with Crippen molar-refractivity contribution >= 4 is 11.3 Å². The molecule has 1 unspecified atom stereocenters. The van der Waals surface area contributed by atoms with Crippen LogP contribution in [0.5, 0.6) is 0 Å². The highest BCUT2D eigenvalue weighted by Crippen LogP contribution is 2.27. The Morgan fingerprint density at radius 2 is 2.00 bits per heavy atom. The Kier molecular flexibility index (Phi) is 3.36. The first-order valence-corrected chi connectivity index (χ1v) is 6.18. The van der Waals surface area contributed by atoms with Gasteiger partial charge in [-0.05, 0) is 44.7 Å². The fraction of sp³-hybridized carbons (Fsp3) is 0.308. The first kappa shape index (κ1) is 11.3. The van der Waals surface area contributed by atoms with Crippen LogP contribution >= 0.6 is 11.3 Å². The van der Waals surface area contributed by atoms with E-state index in [-0.39, 0.29) is 6.04 Å². The van der Waals surface area contributed by atoms with Crippen molar-refractivity contribution in [3.8, 4) is 0 Å². The van der Waals surface area contributed by atoms with Gasteiger partial charge in [0, 0.05) is 21.6 Å².